The van der Waals surface area contributed by atoms with Crippen LogP contribution in [0.3, 0.4) is 0 Å². The summed E-state index contributed by atoms with van der Waals surface area (Å²) < 4.78 is 19.9. The molecule has 0 N–H and O–H groups in total. The molecule has 0 saturated carbocycles. The van der Waals surface area contributed by atoms with Gasteiger partial charge in [0.15, 0.2) is 5.82 Å². The van der Waals surface area contributed by atoms with E-state index in [1.54, 1.807) is 16.8 Å². The number of benzene rings is 1. The Morgan fingerprint density at radius 2 is 2.04 bits per heavy atom. The highest BCUT2D eigenvalue weighted by molar-refractivity contribution is 7.98. The van der Waals surface area contributed by atoms with Gasteiger partial charge >= 0.3 is 0 Å². The van der Waals surface area contributed by atoms with Crippen LogP contribution >= 0.6 is 11.8 Å². The van der Waals surface area contributed by atoms with Crippen molar-refractivity contribution in [1.29, 1.82) is 0 Å². The van der Waals surface area contributed by atoms with E-state index in [4.69, 9.17) is 4.52 Å². The number of nitrogens with zero attached hydrogens (tertiary/aromatic N) is 6. The smallest absolute Gasteiger partial charge is 0.257 e. The van der Waals surface area contributed by atoms with Crippen LogP contribution in [-0.4, -0.2) is 30.3 Å². The Kier molecular flexibility index (Phi) is 4.65. The van der Waals surface area contributed by atoms with Gasteiger partial charge in [-0.15, -0.1) is 5.10 Å². The number of thioether (sulfide) groups is 1. The molecule has 0 spiro atoms. The molecule has 2 heterocycles. The SMILES string of the molecule is CC(C)Cn1nnnc1SCc1noc(-c2ccc(F)cc2)n1. The van der Waals surface area contributed by atoms with Crippen molar-refractivity contribution in [2.45, 2.75) is 31.3 Å². The van der Waals surface area contributed by atoms with Gasteiger partial charge in [-0.2, -0.15) is 4.98 Å². The summed E-state index contributed by atoms with van der Waals surface area (Å²) in [5, 5.41) is 16.3. The number of tetrazole rings is 1. The van der Waals surface area contributed by atoms with Crippen molar-refractivity contribution in [1.82, 2.24) is 30.3 Å². The van der Waals surface area contributed by atoms with Gasteiger partial charge in [0.05, 0.1) is 5.75 Å². The van der Waals surface area contributed by atoms with Crippen LogP contribution in [-0.2, 0) is 12.3 Å². The van der Waals surface area contributed by atoms with E-state index < -0.39 is 0 Å². The number of hydrogen-bond acceptors (Lipinski definition) is 7. The Balaban J connectivity index is 1.66. The summed E-state index contributed by atoms with van der Waals surface area (Å²) in [6.45, 7) is 4.96. The van der Waals surface area contributed by atoms with Crippen molar-refractivity contribution in [2.24, 2.45) is 5.92 Å². The Bertz CT molecular complexity index is 770. The first-order valence-electron chi connectivity index (χ1n) is 7.09. The minimum atomic E-state index is -0.305. The van der Waals surface area contributed by atoms with Gasteiger partial charge in [0.25, 0.3) is 5.89 Å². The van der Waals surface area contributed by atoms with Gasteiger partial charge in [-0.05, 0) is 40.6 Å². The highest BCUT2D eigenvalue weighted by atomic mass is 32.2. The molecule has 2 aromatic heterocycles. The number of rotatable bonds is 6. The van der Waals surface area contributed by atoms with Crippen LogP contribution < -0.4 is 0 Å². The molecule has 0 bridgehead atoms. The zero-order valence-corrected chi connectivity index (χ0v) is 13.5. The second-order valence-electron chi connectivity index (χ2n) is 5.35. The summed E-state index contributed by atoms with van der Waals surface area (Å²) in [4.78, 5) is 4.30. The van der Waals surface area contributed by atoms with E-state index in [1.807, 2.05) is 0 Å². The quantitative estimate of drug-likeness (QED) is 0.641. The lowest BCUT2D eigenvalue weighted by Gasteiger charge is -2.05. The van der Waals surface area contributed by atoms with Gasteiger partial charge in [-0.1, -0.05) is 30.8 Å². The maximum atomic E-state index is 12.9. The first kappa shape index (κ1) is 15.6. The largest absolute Gasteiger partial charge is 0.334 e. The average Bonchev–Trinajstić information content (AvgIpc) is 3.15. The van der Waals surface area contributed by atoms with E-state index in [1.165, 1.54) is 23.9 Å². The molecule has 0 aliphatic rings. The zero-order chi connectivity index (χ0) is 16.2. The molecule has 120 valence electrons. The van der Waals surface area contributed by atoms with Crippen LogP contribution in [0.2, 0.25) is 0 Å². The number of hydrogen-bond donors (Lipinski definition) is 0. The van der Waals surface area contributed by atoms with E-state index in [0.29, 0.717) is 34.1 Å². The highest BCUT2D eigenvalue weighted by Gasteiger charge is 2.13. The van der Waals surface area contributed by atoms with Crippen molar-refractivity contribution >= 4 is 11.8 Å². The Morgan fingerprint density at radius 1 is 1.26 bits per heavy atom. The second-order valence-corrected chi connectivity index (χ2v) is 6.29. The second kappa shape index (κ2) is 6.86. The Morgan fingerprint density at radius 3 is 2.78 bits per heavy atom. The molecule has 0 radical (unpaired) electrons. The standard InChI is InChI=1S/C14H15FN6OS/c1-9(2)7-21-14(17-19-20-21)23-8-12-16-13(22-18-12)10-3-5-11(15)6-4-10/h3-6,9H,7-8H2,1-2H3. The van der Waals surface area contributed by atoms with Gasteiger partial charge in [-0.3, -0.25) is 0 Å². The zero-order valence-electron chi connectivity index (χ0n) is 12.7. The average molecular weight is 334 g/mol. The summed E-state index contributed by atoms with van der Waals surface area (Å²) in [5.74, 6) is 1.54. The summed E-state index contributed by atoms with van der Waals surface area (Å²) >= 11 is 1.44. The molecule has 0 aliphatic carbocycles. The fourth-order valence-corrected chi connectivity index (χ4v) is 2.64. The lowest BCUT2D eigenvalue weighted by molar-refractivity contribution is 0.425. The van der Waals surface area contributed by atoms with Gasteiger partial charge < -0.3 is 4.52 Å². The van der Waals surface area contributed by atoms with Gasteiger partial charge in [-0.25, -0.2) is 9.07 Å². The van der Waals surface area contributed by atoms with Crippen LogP contribution in [0.25, 0.3) is 11.5 Å². The Labute approximate surface area is 136 Å². The van der Waals surface area contributed by atoms with Crippen molar-refractivity contribution < 1.29 is 8.91 Å². The van der Waals surface area contributed by atoms with Crippen molar-refractivity contribution in [3.63, 3.8) is 0 Å². The van der Waals surface area contributed by atoms with E-state index in [9.17, 15) is 4.39 Å². The van der Waals surface area contributed by atoms with Gasteiger partial charge in [0.2, 0.25) is 5.16 Å². The number of halogens is 1. The topological polar surface area (TPSA) is 82.5 Å². The minimum Gasteiger partial charge on any atom is -0.334 e. The molecule has 0 fully saturated rings. The Hall–Kier alpha value is -2.29. The monoisotopic (exact) mass is 334 g/mol. The molecule has 0 saturated heterocycles. The van der Waals surface area contributed by atoms with E-state index in [2.05, 4.69) is 39.5 Å². The molecule has 0 unspecified atom stereocenters. The van der Waals surface area contributed by atoms with Gasteiger partial charge in [0.1, 0.15) is 5.82 Å². The van der Waals surface area contributed by atoms with E-state index in [-0.39, 0.29) is 5.82 Å². The molecule has 0 aliphatic heterocycles. The van der Waals surface area contributed by atoms with Crippen molar-refractivity contribution in [3.8, 4) is 11.5 Å². The molecule has 1 aromatic carbocycles. The molecule has 3 rings (SSSR count). The van der Waals surface area contributed by atoms with Crippen LogP contribution in [0.15, 0.2) is 33.9 Å². The molecule has 7 nitrogen and oxygen atoms in total. The predicted octanol–water partition coefficient (Wildman–Crippen LogP) is 2.81. The first-order chi connectivity index (χ1) is 11.1. The summed E-state index contributed by atoms with van der Waals surface area (Å²) in [6.07, 6.45) is 0. The minimum absolute atomic E-state index is 0.305. The number of aromatic nitrogens is 6. The van der Waals surface area contributed by atoms with Crippen LogP contribution in [0.1, 0.15) is 19.7 Å². The molecule has 0 amide bonds. The lowest BCUT2D eigenvalue weighted by Crippen LogP contribution is -2.07. The van der Waals surface area contributed by atoms with Crippen molar-refractivity contribution in [3.05, 3.63) is 35.9 Å². The summed E-state index contributed by atoms with van der Waals surface area (Å²) in [5.41, 5.74) is 0.680. The summed E-state index contributed by atoms with van der Waals surface area (Å²) in [7, 11) is 0. The fourth-order valence-electron chi connectivity index (χ4n) is 1.91. The lowest BCUT2D eigenvalue weighted by atomic mass is 10.2. The third kappa shape index (κ3) is 3.92. The van der Waals surface area contributed by atoms with Gasteiger partial charge in [0, 0.05) is 12.1 Å². The van der Waals surface area contributed by atoms with Crippen LogP contribution in [0, 0.1) is 11.7 Å². The molecular formula is C14H15FN6OS. The molecule has 9 heteroatoms. The first-order valence-corrected chi connectivity index (χ1v) is 8.08. The summed E-state index contributed by atoms with van der Waals surface area (Å²) in [6, 6.07) is 5.91. The normalized spacial score (nSPS) is 11.3. The third-order valence-corrected chi connectivity index (χ3v) is 3.88. The molecule has 0 atom stereocenters. The van der Waals surface area contributed by atoms with Crippen LogP contribution in [0.4, 0.5) is 4.39 Å². The van der Waals surface area contributed by atoms with E-state index >= 15 is 0 Å². The predicted molar refractivity (Wildman–Crippen MR) is 81.9 cm³/mol. The molecular weight excluding hydrogens is 319 g/mol. The molecule has 3 aromatic rings. The third-order valence-electron chi connectivity index (χ3n) is 2.93. The van der Waals surface area contributed by atoms with Crippen molar-refractivity contribution in [2.75, 3.05) is 0 Å². The fraction of sp³-hybridized carbons (Fsp3) is 0.357. The highest BCUT2D eigenvalue weighted by Crippen LogP contribution is 2.22. The van der Waals surface area contributed by atoms with E-state index in [0.717, 1.165) is 6.54 Å². The molecule has 23 heavy (non-hydrogen) atoms. The van der Waals surface area contributed by atoms with Crippen LogP contribution in [0.5, 0.6) is 0 Å². The maximum absolute atomic E-state index is 12.9. The maximum Gasteiger partial charge on any atom is 0.257 e.